The maximum absolute atomic E-state index is 13.8. The predicted octanol–water partition coefficient (Wildman–Crippen LogP) is 13.6. The van der Waals surface area contributed by atoms with Gasteiger partial charge in [0.2, 0.25) is 5.95 Å². The van der Waals surface area contributed by atoms with Crippen molar-refractivity contribution in [1.82, 2.24) is 19.1 Å². The SMILES string of the molecule is Fc1ccc(-c2ccc(-c3cc(-c4ccc(-c5ccc(F)cc5)cc4)nc(-n4c5ccccc5c5ccc6c7ccccc7n(-c7ccccc7)c6c54)n3)cc2)cc1. The van der Waals surface area contributed by atoms with Gasteiger partial charge in [-0.2, -0.15) is 0 Å². The molecule has 0 saturated heterocycles. The highest BCUT2D eigenvalue weighted by atomic mass is 19.1. The Morgan fingerprint density at radius 3 is 1.19 bits per heavy atom. The number of aromatic nitrogens is 4. The van der Waals surface area contributed by atoms with E-state index in [0.29, 0.717) is 5.95 Å². The molecule has 11 aromatic rings. The van der Waals surface area contributed by atoms with Gasteiger partial charge in [0.1, 0.15) is 11.6 Å². The minimum Gasteiger partial charge on any atom is -0.307 e. The third kappa shape index (κ3) is 5.57. The number of hydrogen-bond acceptors (Lipinski definition) is 2. The van der Waals surface area contributed by atoms with Gasteiger partial charge in [-0.1, -0.05) is 140 Å². The zero-order valence-corrected chi connectivity index (χ0v) is 31.0. The fraction of sp³-hybridized carbons (Fsp3) is 0. The van der Waals surface area contributed by atoms with Gasteiger partial charge < -0.3 is 4.57 Å². The topological polar surface area (TPSA) is 35.6 Å². The van der Waals surface area contributed by atoms with E-state index >= 15 is 0 Å². The number of fused-ring (bicyclic) bond motifs is 7. The number of halogens is 2. The van der Waals surface area contributed by atoms with Crippen LogP contribution < -0.4 is 0 Å². The number of rotatable bonds is 6. The van der Waals surface area contributed by atoms with E-state index in [1.807, 2.05) is 36.4 Å². The average molecular weight is 751 g/mol. The first kappa shape index (κ1) is 33.6. The van der Waals surface area contributed by atoms with E-state index in [4.69, 9.17) is 9.97 Å². The first-order valence-corrected chi connectivity index (χ1v) is 19.2. The normalized spacial score (nSPS) is 11.6. The van der Waals surface area contributed by atoms with Crippen molar-refractivity contribution in [2.45, 2.75) is 0 Å². The van der Waals surface area contributed by atoms with Gasteiger partial charge in [-0.3, -0.25) is 4.57 Å². The summed E-state index contributed by atoms with van der Waals surface area (Å²) in [5, 5.41) is 4.51. The highest BCUT2D eigenvalue weighted by molar-refractivity contribution is 6.23. The third-order valence-corrected chi connectivity index (χ3v) is 11.1. The van der Waals surface area contributed by atoms with Crippen LogP contribution in [0.2, 0.25) is 0 Å². The molecule has 6 heteroatoms. The highest BCUT2D eigenvalue weighted by Gasteiger charge is 2.23. The first-order chi connectivity index (χ1) is 28.6. The summed E-state index contributed by atoms with van der Waals surface area (Å²) < 4.78 is 32.1. The van der Waals surface area contributed by atoms with Crippen LogP contribution in [-0.4, -0.2) is 19.1 Å². The summed E-state index contributed by atoms with van der Waals surface area (Å²) in [6.07, 6.45) is 0. The standard InChI is InChI=1S/C52H32F2N4/c53-39-26-22-35(23-27-39)33-14-18-37(19-15-33)46-32-47(38-20-16-34(17-21-38)36-24-28-40(54)29-25-36)56-52(55-46)58-49-13-7-5-11-43(49)45-31-30-44-42-10-4-6-12-48(42)57(50(44)51(45)58)41-8-2-1-3-9-41/h1-32H. The molecule has 8 aromatic carbocycles. The smallest absolute Gasteiger partial charge is 0.235 e. The number of para-hydroxylation sites is 3. The van der Waals surface area contributed by atoms with Gasteiger partial charge in [-0.25, -0.2) is 18.7 Å². The maximum Gasteiger partial charge on any atom is 0.235 e. The molecule has 0 N–H and O–H groups in total. The fourth-order valence-electron chi connectivity index (χ4n) is 8.34. The first-order valence-electron chi connectivity index (χ1n) is 19.2. The highest BCUT2D eigenvalue weighted by Crippen LogP contribution is 2.42. The van der Waals surface area contributed by atoms with Gasteiger partial charge in [0.15, 0.2) is 0 Å². The molecule has 0 spiro atoms. The molecule has 0 bridgehead atoms. The lowest BCUT2D eigenvalue weighted by Crippen LogP contribution is -2.05. The molecule has 0 aliphatic heterocycles. The lowest BCUT2D eigenvalue weighted by atomic mass is 10.0. The van der Waals surface area contributed by atoms with Crippen molar-refractivity contribution in [3.63, 3.8) is 0 Å². The molecule has 0 saturated carbocycles. The van der Waals surface area contributed by atoms with E-state index in [9.17, 15) is 8.78 Å². The van der Waals surface area contributed by atoms with Gasteiger partial charge in [-0.15, -0.1) is 0 Å². The Labute approximate surface area is 332 Å². The third-order valence-electron chi connectivity index (χ3n) is 11.1. The Bertz CT molecular complexity index is 3200. The molecular weight excluding hydrogens is 719 g/mol. The average Bonchev–Trinajstić information content (AvgIpc) is 3.80. The zero-order valence-electron chi connectivity index (χ0n) is 31.0. The second-order valence-electron chi connectivity index (χ2n) is 14.5. The molecule has 0 radical (unpaired) electrons. The quantitative estimate of drug-likeness (QED) is 0.170. The van der Waals surface area contributed by atoms with Crippen LogP contribution in [0.1, 0.15) is 0 Å². The lowest BCUT2D eigenvalue weighted by molar-refractivity contribution is 0.627. The van der Waals surface area contributed by atoms with Crippen molar-refractivity contribution >= 4 is 43.6 Å². The molecule has 0 aliphatic rings. The van der Waals surface area contributed by atoms with Crippen molar-refractivity contribution in [1.29, 1.82) is 0 Å². The molecule has 0 fully saturated rings. The second-order valence-corrected chi connectivity index (χ2v) is 14.5. The van der Waals surface area contributed by atoms with E-state index in [2.05, 4.69) is 118 Å². The largest absolute Gasteiger partial charge is 0.307 e. The molecule has 11 rings (SSSR count). The van der Waals surface area contributed by atoms with E-state index in [1.165, 1.54) is 24.3 Å². The van der Waals surface area contributed by atoms with Crippen LogP contribution in [-0.2, 0) is 0 Å². The molecule has 0 amide bonds. The van der Waals surface area contributed by atoms with Crippen molar-refractivity contribution in [2.24, 2.45) is 0 Å². The van der Waals surface area contributed by atoms with Crippen LogP contribution in [0.4, 0.5) is 8.78 Å². The van der Waals surface area contributed by atoms with Crippen LogP contribution >= 0.6 is 0 Å². The molecule has 274 valence electrons. The summed E-state index contributed by atoms with van der Waals surface area (Å²) in [5.74, 6) is 0.0125. The van der Waals surface area contributed by atoms with E-state index in [0.717, 1.165) is 94.1 Å². The summed E-state index contributed by atoms with van der Waals surface area (Å²) >= 11 is 0. The van der Waals surface area contributed by atoms with Gasteiger partial charge in [0.25, 0.3) is 0 Å². The van der Waals surface area contributed by atoms with E-state index in [-0.39, 0.29) is 11.6 Å². The Hall–Kier alpha value is -7.70. The van der Waals surface area contributed by atoms with Crippen molar-refractivity contribution in [2.75, 3.05) is 0 Å². The maximum atomic E-state index is 13.8. The predicted molar refractivity (Wildman–Crippen MR) is 232 cm³/mol. The van der Waals surface area contributed by atoms with Crippen molar-refractivity contribution in [3.05, 3.63) is 206 Å². The van der Waals surface area contributed by atoms with Crippen LogP contribution in [0.15, 0.2) is 194 Å². The van der Waals surface area contributed by atoms with Crippen LogP contribution in [0.5, 0.6) is 0 Å². The zero-order chi connectivity index (χ0) is 38.7. The summed E-state index contributed by atoms with van der Waals surface area (Å²) in [5.41, 5.74) is 12.4. The number of benzene rings is 8. The van der Waals surface area contributed by atoms with Gasteiger partial charge in [0.05, 0.1) is 33.5 Å². The van der Waals surface area contributed by atoms with Crippen LogP contribution in [0.3, 0.4) is 0 Å². The van der Waals surface area contributed by atoms with Crippen molar-refractivity contribution in [3.8, 4) is 56.4 Å². The Morgan fingerprint density at radius 1 is 0.328 bits per heavy atom. The molecule has 0 atom stereocenters. The fourth-order valence-corrected chi connectivity index (χ4v) is 8.34. The Balaban J connectivity index is 1.18. The van der Waals surface area contributed by atoms with E-state index < -0.39 is 0 Å². The summed E-state index contributed by atoms with van der Waals surface area (Å²) in [7, 11) is 0. The summed E-state index contributed by atoms with van der Waals surface area (Å²) in [4.78, 5) is 10.8. The number of hydrogen-bond donors (Lipinski definition) is 0. The molecular formula is C52H32F2N4. The van der Waals surface area contributed by atoms with Crippen LogP contribution in [0, 0.1) is 11.6 Å². The van der Waals surface area contributed by atoms with Gasteiger partial charge in [-0.05, 0) is 76.9 Å². The molecule has 3 heterocycles. The Kier molecular flexibility index (Phi) is 7.83. The second kappa shape index (κ2) is 13.5. The molecule has 0 aliphatic carbocycles. The van der Waals surface area contributed by atoms with Crippen LogP contribution in [0.25, 0.3) is 100 Å². The summed E-state index contributed by atoms with van der Waals surface area (Å²) in [6, 6.07) is 63.5. The minimum atomic E-state index is -0.265. The molecule has 58 heavy (non-hydrogen) atoms. The number of nitrogens with zero attached hydrogens (tertiary/aromatic N) is 4. The molecule has 3 aromatic heterocycles. The summed E-state index contributed by atoms with van der Waals surface area (Å²) in [6.45, 7) is 0. The minimum absolute atomic E-state index is 0.265. The van der Waals surface area contributed by atoms with Crippen molar-refractivity contribution < 1.29 is 8.78 Å². The molecule has 4 nitrogen and oxygen atoms in total. The van der Waals surface area contributed by atoms with E-state index in [1.54, 1.807) is 24.3 Å². The van der Waals surface area contributed by atoms with Gasteiger partial charge in [0, 0.05) is 38.4 Å². The van der Waals surface area contributed by atoms with Gasteiger partial charge >= 0.3 is 0 Å². The lowest BCUT2D eigenvalue weighted by Gasteiger charge is -2.14. The molecule has 0 unspecified atom stereocenters. The monoisotopic (exact) mass is 750 g/mol. The Morgan fingerprint density at radius 2 is 0.707 bits per heavy atom.